The minimum atomic E-state index is -0.216. The number of methoxy groups -OCH3 is 1. The van der Waals surface area contributed by atoms with Crippen LogP contribution in [0.5, 0.6) is 0 Å². The monoisotopic (exact) mass is 590 g/mol. The van der Waals surface area contributed by atoms with Crippen molar-refractivity contribution in [1.82, 2.24) is 4.98 Å². The summed E-state index contributed by atoms with van der Waals surface area (Å²) in [5.41, 5.74) is 17.4. The lowest BCUT2D eigenvalue weighted by molar-refractivity contribution is -0.140. The molecule has 8 bridgehead atoms. The summed E-state index contributed by atoms with van der Waals surface area (Å²) >= 11 is 0. The maximum atomic E-state index is 12.3. The second-order valence-electron chi connectivity index (χ2n) is 12.2. The maximum absolute atomic E-state index is 12.3. The van der Waals surface area contributed by atoms with E-state index in [1.165, 1.54) is 40.5 Å². The minimum absolute atomic E-state index is 0.0239. The number of nitrogens with zero attached hydrogens (tertiary/aromatic N) is 3. The van der Waals surface area contributed by atoms with Gasteiger partial charge in [0.25, 0.3) is 0 Å². The van der Waals surface area contributed by atoms with Gasteiger partial charge in [-0.25, -0.2) is 9.98 Å². The molecule has 1 aromatic heterocycles. The van der Waals surface area contributed by atoms with Crippen molar-refractivity contribution >= 4 is 35.3 Å². The molecule has 0 saturated heterocycles. The lowest BCUT2D eigenvalue weighted by Gasteiger charge is -2.20. The molecule has 1 aliphatic carbocycles. The summed E-state index contributed by atoms with van der Waals surface area (Å²) in [7, 11) is 1.44. The van der Waals surface area contributed by atoms with Gasteiger partial charge in [0.1, 0.15) is 0 Å². The van der Waals surface area contributed by atoms with E-state index in [1.807, 2.05) is 6.08 Å². The van der Waals surface area contributed by atoms with Crippen molar-refractivity contribution in [2.45, 2.75) is 80.1 Å². The molecule has 0 spiro atoms. The summed E-state index contributed by atoms with van der Waals surface area (Å²) in [5.74, 6) is -0.165. The van der Waals surface area contributed by atoms with Crippen LogP contribution in [0.3, 0.4) is 0 Å². The number of carbonyl (C=O) groups excluding carboxylic acids is 1. The van der Waals surface area contributed by atoms with Crippen molar-refractivity contribution in [3.05, 3.63) is 91.5 Å². The lowest BCUT2D eigenvalue weighted by Crippen LogP contribution is -2.22. The molecule has 5 heterocycles. The van der Waals surface area contributed by atoms with E-state index >= 15 is 0 Å². The molecule has 0 amide bonds. The van der Waals surface area contributed by atoms with Crippen molar-refractivity contribution in [3.63, 3.8) is 0 Å². The zero-order valence-electron chi connectivity index (χ0n) is 26.9. The van der Waals surface area contributed by atoms with Crippen LogP contribution in [0, 0.1) is 18.8 Å². The highest BCUT2D eigenvalue weighted by atomic mass is 16.5. The predicted octanol–water partition coefficient (Wildman–Crippen LogP) is 8.24. The fourth-order valence-corrected chi connectivity index (χ4v) is 7.55. The van der Waals surface area contributed by atoms with Crippen molar-refractivity contribution in [3.8, 4) is 0 Å². The van der Waals surface area contributed by atoms with E-state index in [-0.39, 0.29) is 17.8 Å². The summed E-state index contributed by atoms with van der Waals surface area (Å²) in [6, 6.07) is 0. The Morgan fingerprint density at radius 3 is 2.43 bits per heavy atom. The molecule has 7 nitrogen and oxygen atoms in total. The van der Waals surface area contributed by atoms with Crippen LogP contribution in [-0.4, -0.2) is 40.3 Å². The van der Waals surface area contributed by atoms with Gasteiger partial charge in [-0.1, -0.05) is 20.8 Å². The van der Waals surface area contributed by atoms with Crippen LogP contribution in [-0.2, 0) is 16.0 Å². The van der Waals surface area contributed by atoms with Crippen LogP contribution < -0.4 is 0 Å². The molecule has 5 aliphatic rings. The highest BCUT2D eigenvalue weighted by Crippen LogP contribution is 2.47. The number of esters is 1. The number of carbonyl (C=O) groups is 1. The number of rotatable bonds is 6. The van der Waals surface area contributed by atoms with Gasteiger partial charge >= 0.3 is 5.97 Å². The van der Waals surface area contributed by atoms with Gasteiger partial charge in [-0.3, -0.25) is 9.79 Å². The number of hydrogen-bond acceptors (Lipinski definition) is 6. The van der Waals surface area contributed by atoms with Crippen LogP contribution in [0.15, 0.2) is 83.9 Å². The normalized spacial score (nSPS) is 23.6. The smallest absolute Gasteiger partial charge is 0.305 e. The average molecular weight is 591 g/mol. The Bertz CT molecular complexity index is 1780. The number of hydrogen-bond donors (Lipinski definition) is 2. The predicted molar refractivity (Wildman–Crippen MR) is 179 cm³/mol. The number of nitrogens with one attached hydrogen (secondary N) is 1. The molecule has 0 radical (unpaired) electrons. The molecule has 2 atom stereocenters. The molecule has 7 heteroatoms. The third-order valence-electron chi connectivity index (χ3n) is 10.0. The summed E-state index contributed by atoms with van der Waals surface area (Å²) in [4.78, 5) is 32.0. The van der Waals surface area contributed by atoms with E-state index < -0.39 is 0 Å². The van der Waals surface area contributed by atoms with E-state index in [2.05, 4.69) is 58.7 Å². The van der Waals surface area contributed by atoms with Gasteiger partial charge in [0.05, 0.1) is 41.9 Å². The third kappa shape index (κ3) is 4.73. The molecule has 1 fully saturated rings. The summed E-state index contributed by atoms with van der Waals surface area (Å²) in [6.45, 7) is 13.1. The highest BCUT2D eigenvalue weighted by Gasteiger charge is 2.41. The number of aliphatic hydroxyl groups excluding tert-OH is 1. The average Bonchev–Trinajstić information content (AvgIpc) is 3.79. The zero-order chi connectivity index (χ0) is 31.3. The first-order chi connectivity index (χ1) is 21.2. The van der Waals surface area contributed by atoms with Gasteiger partial charge in [-0.15, -0.1) is 0 Å². The Labute approximate surface area is 260 Å². The van der Waals surface area contributed by atoms with E-state index in [1.54, 1.807) is 6.08 Å². The minimum Gasteiger partial charge on any atom is -0.516 e. The molecule has 1 aromatic rings. The van der Waals surface area contributed by atoms with Crippen LogP contribution in [0.4, 0.5) is 0 Å². The Hall–Kier alpha value is -4.26. The van der Waals surface area contributed by atoms with Crippen LogP contribution in [0.25, 0.3) is 12.2 Å². The number of H-pyrrole nitrogens is 1. The second kappa shape index (κ2) is 11.7. The zero-order valence-corrected chi connectivity index (χ0v) is 26.9. The Morgan fingerprint density at radius 1 is 1.00 bits per heavy atom. The van der Waals surface area contributed by atoms with Crippen molar-refractivity contribution in [2.75, 3.05) is 7.11 Å². The van der Waals surface area contributed by atoms with Gasteiger partial charge in [0.15, 0.2) is 0 Å². The van der Waals surface area contributed by atoms with Crippen LogP contribution in [0.2, 0.25) is 0 Å². The van der Waals surface area contributed by atoms with Gasteiger partial charge in [-0.05, 0) is 111 Å². The number of fused-ring (bicyclic) bond motifs is 5. The molecule has 4 aliphatic heterocycles. The molecule has 1 saturated carbocycles. The Kier molecular flexibility index (Phi) is 7.91. The van der Waals surface area contributed by atoms with Gasteiger partial charge in [0.2, 0.25) is 0 Å². The van der Waals surface area contributed by atoms with Crippen molar-refractivity contribution in [1.29, 1.82) is 0 Å². The first kappa shape index (κ1) is 29.8. The molecule has 6 rings (SSSR count). The first-order valence-electron chi connectivity index (χ1n) is 15.9. The highest BCUT2D eigenvalue weighted by molar-refractivity contribution is 6.33. The summed E-state index contributed by atoms with van der Waals surface area (Å²) in [6.07, 6.45) is 13.5. The molecule has 228 valence electrons. The van der Waals surface area contributed by atoms with E-state index in [0.29, 0.717) is 12.8 Å². The third-order valence-corrected chi connectivity index (χ3v) is 10.0. The second-order valence-corrected chi connectivity index (χ2v) is 12.2. The van der Waals surface area contributed by atoms with Crippen molar-refractivity contribution < 1.29 is 14.6 Å². The Balaban J connectivity index is 1.65. The fourth-order valence-electron chi connectivity index (χ4n) is 7.55. The van der Waals surface area contributed by atoms with E-state index in [4.69, 9.17) is 19.7 Å². The van der Waals surface area contributed by atoms with Gasteiger partial charge < -0.3 is 14.8 Å². The summed E-state index contributed by atoms with van der Waals surface area (Å²) in [5, 5.41) is 9.72. The fraction of sp³-hybridized carbons (Fsp3) is 0.405. The molecule has 2 N–H and O–H groups in total. The topological polar surface area (TPSA) is 99.4 Å². The largest absolute Gasteiger partial charge is 0.516 e. The van der Waals surface area contributed by atoms with Gasteiger partial charge in [0, 0.05) is 46.5 Å². The van der Waals surface area contributed by atoms with Gasteiger partial charge in [-0.2, -0.15) is 0 Å². The number of ether oxygens (including phenoxy) is 1. The SMILES string of the molecule is CCC1=C(C)C2=NC1=Cc1[nH]c(c(CC)c1C)C=C1N=C3C(=C1C)CCC3=C1N=C(/C2=C\C=C/O)[C@@H](C)[C@@H]1CCC(=O)OC. The maximum Gasteiger partial charge on any atom is 0.305 e. The molecule has 0 aromatic carbocycles. The van der Waals surface area contributed by atoms with Crippen molar-refractivity contribution in [2.24, 2.45) is 26.8 Å². The number of aliphatic hydroxyl groups is 1. The first-order valence-corrected chi connectivity index (χ1v) is 15.9. The van der Waals surface area contributed by atoms with E-state index in [0.717, 1.165) is 88.7 Å². The number of aromatic nitrogens is 1. The number of allylic oxidation sites excluding steroid dienone is 9. The molecular formula is C37H42N4O3. The summed E-state index contributed by atoms with van der Waals surface area (Å²) < 4.78 is 5.03. The van der Waals surface area contributed by atoms with Crippen LogP contribution >= 0.6 is 0 Å². The molecular weight excluding hydrogens is 548 g/mol. The molecule has 0 unspecified atom stereocenters. The van der Waals surface area contributed by atoms with Crippen LogP contribution in [0.1, 0.15) is 89.2 Å². The molecule has 44 heavy (non-hydrogen) atoms. The van der Waals surface area contributed by atoms with E-state index in [9.17, 15) is 9.90 Å². The Morgan fingerprint density at radius 2 is 1.73 bits per heavy atom. The quantitative estimate of drug-likeness (QED) is 0.258. The number of aliphatic imine (C=N–C) groups is 3. The lowest BCUT2D eigenvalue weighted by atomic mass is 9.81. The number of aromatic amines is 1. The standard InChI is InChI=1S/C37H42N4O3/c1-8-23-19(3)29-17-32-24(9-2)21(5)34(40-32)27(11-10-16-42)35-22(6)26(14-15-33(43)44-7)37(41-35)28-13-12-25-20(4)30(39-36(25)28)18-31(23)38-29/h10-11,16-18,22,26,38,42H,8-9,12-15H2,1-7H3/b16-10-,27-11-,30-18?,32-17?,37-28?/t22-,26-/m0/s1.